The van der Waals surface area contributed by atoms with E-state index in [0.717, 1.165) is 27.8 Å². The lowest BCUT2D eigenvalue weighted by molar-refractivity contribution is -0.140. The third-order valence-corrected chi connectivity index (χ3v) is 5.53. The molecule has 4 heteroatoms. The van der Waals surface area contributed by atoms with Gasteiger partial charge in [0.15, 0.2) is 0 Å². The monoisotopic (exact) mass is 428 g/mol. The van der Waals surface area contributed by atoms with E-state index in [0.29, 0.717) is 19.5 Å². The maximum Gasteiger partial charge on any atom is 0.243 e. The number of hydrogen-bond acceptors (Lipinski definition) is 2. The van der Waals surface area contributed by atoms with Gasteiger partial charge in [0.1, 0.15) is 6.04 Å². The molecule has 0 aliphatic rings. The summed E-state index contributed by atoms with van der Waals surface area (Å²) in [5, 5.41) is 2.94. The Balaban J connectivity index is 1.94. The van der Waals surface area contributed by atoms with Crippen LogP contribution >= 0.6 is 0 Å². The van der Waals surface area contributed by atoms with E-state index >= 15 is 0 Å². The first-order valence-corrected chi connectivity index (χ1v) is 11.2. The van der Waals surface area contributed by atoms with Crippen molar-refractivity contribution in [1.82, 2.24) is 10.2 Å². The number of carbonyl (C=O) groups excluding carboxylic acids is 2. The Labute approximate surface area is 191 Å². The molecule has 0 bridgehead atoms. The molecule has 0 saturated carbocycles. The third kappa shape index (κ3) is 6.55. The van der Waals surface area contributed by atoms with E-state index in [1.807, 2.05) is 93.6 Å². The van der Waals surface area contributed by atoms with E-state index in [4.69, 9.17) is 0 Å². The second-order valence-electron chi connectivity index (χ2n) is 8.27. The van der Waals surface area contributed by atoms with Gasteiger partial charge in [-0.1, -0.05) is 90.0 Å². The third-order valence-electron chi connectivity index (χ3n) is 5.53. The van der Waals surface area contributed by atoms with Crippen molar-refractivity contribution in [3.05, 3.63) is 107 Å². The summed E-state index contributed by atoms with van der Waals surface area (Å²) in [7, 11) is 0. The molecule has 1 atom stereocenters. The Morgan fingerprint density at radius 1 is 0.812 bits per heavy atom. The summed E-state index contributed by atoms with van der Waals surface area (Å²) in [6, 6.07) is 25.4. The van der Waals surface area contributed by atoms with Crippen molar-refractivity contribution >= 4 is 11.8 Å². The van der Waals surface area contributed by atoms with Crippen molar-refractivity contribution in [3.8, 4) is 0 Å². The summed E-state index contributed by atoms with van der Waals surface area (Å²) in [6.45, 7) is 6.87. The molecule has 0 unspecified atom stereocenters. The van der Waals surface area contributed by atoms with Crippen LogP contribution in [-0.2, 0) is 29.0 Å². The number of hydrogen-bond donors (Lipinski definition) is 1. The number of nitrogens with zero attached hydrogens (tertiary/aromatic N) is 1. The van der Waals surface area contributed by atoms with Crippen LogP contribution in [0.25, 0.3) is 0 Å². The molecule has 0 aromatic heterocycles. The first kappa shape index (κ1) is 23.3. The molecule has 0 aliphatic carbocycles. The highest BCUT2D eigenvalue weighted by Gasteiger charge is 2.30. The summed E-state index contributed by atoms with van der Waals surface area (Å²) >= 11 is 0. The summed E-state index contributed by atoms with van der Waals surface area (Å²) < 4.78 is 0. The fourth-order valence-corrected chi connectivity index (χ4v) is 3.84. The quantitative estimate of drug-likeness (QED) is 0.541. The Bertz CT molecular complexity index is 1030. The van der Waals surface area contributed by atoms with Crippen LogP contribution in [0.1, 0.15) is 34.7 Å². The second kappa shape index (κ2) is 11.3. The zero-order valence-electron chi connectivity index (χ0n) is 19.2. The number of rotatable bonds is 9. The Morgan fingerprint density at radius 3 is 2.16 bits per heavy atom. The lowest BCUT2D eigenvalue weighted by atomic mass is 10.0. The molecular weight excluding hydrogens is 396 g/mol. The largest absolute Gasteiger partial charge is 0.355 e. The van der Waals surface area contributed by atoms with E-state index in [2.05, 4.69) is 11.4 Å². The first-order chi connectivity index (χ1) is 15.5. The minimum atomic E-state index is -0.587. The van der Waals surface area contributed by atoms with Crippen molar-refractivity contribution < 1.29 is 9.59 Å². The second-order valence-corrected chi connectivity index (χ2v) is 8.27. The molecule has 0 fully saturated rings. The molecule has 0 heterocycles. The number of carbonyl (C=O) groups is 2. The molecule has 1 N–H and O–H groups in total. The van der Waals surface area contributed by atoms with Gasteiger partial charge in [0.05, 0.1) is 6.42 Å². The van der Waals surface area contributed by atoms with Crippen LogP contribution in [0.5, 0.6) is 0 Å². The predicted octanol–water partition coefficient (Wildman–Crippen LogP) is 4.62. The van der Waals surface area contributed by atoms with Gasteiger partial charge < -0.3 is 10.2 Å². The fourth-order valence-electron chi connectivity index (χ4n) is 3.84. The highest BCUT2D eigenvalue weighted by Crippen LogP contribution is 2.17. The number of aryl methyl sites for hydroxylation is 2. The molecule has 2 amide bonds. The van der Waals surface area contributed by atoms with E-state index in [1.165, 1.54) is 0 Å². The van der Waals surface area contributed by atoms with Crippen LogP contribution in [0.3, 0.4) is 0 Å². The van der Waals surface area contributed by atoms with E-state index in [1.54, 1.807) is 4.90 Å². The topological polar surface area (TPSA) is 49.4 Å². The average molecular weight is 429 g/mol. The van der Waals surface area contributed by atoms with Crippen LogP contribution in [0.2, 0.25) is 0 Å². The molecule has 3 rings (SSSR count). The van der Waals surface area contributed by atoms with E-state index < -0.39 is 6.04 Å². The van der Waals surface area contributed by atoms with Crippen molar-refractivity contribution in [2.24, 2.45) is 0 Å². The van der Waals surface area contributed by atoms with Gasteiger partial charge in [-0.2, -0.15) is 0 Å². The maximum atomic E-state index is 13.6. The number of likely N-dealkylation sites (N-methyl/N-ethyl adjacent to an activating group) is 1. The van der Waals surface area contributed by atoms with Gasteiger partial charge in [0, 0.05) is 19.5 Å². The summed E-state index contributed by atoms with van der Waals surface area (Å²) in [5.41, 5.74) is 5.28. The fraction of sp³-hybridized carbons (Fsp3) is 0.286. The zero-order valence-corrected chi connectivity index (χ0v) is 19.2. The van der Waals surface area contributed by atoms with Crippen LogP contribution in [-0.4, -0.2) is 29.3 Å². The molecular formula is C28H32N2O2. The first-order valence-electron chi connectivity index (χ1n) is 11.2. The smallest absolute Gasteiger partial charge is 0.243 e. The minimum absolute atomic E-state index is 0.0532. The summed E-state index contributed by atoms with van der Waals surface area (Å²) in [4.78, 5) is 28.5. The molecule has 3 aromatic rings. The Hall–Kier alpha value is -3.40. The van der Waals surface area contributed by atoms with Gasteiger partial charge in [-0.15, -0.1) is 0 Å². The molecule has 0 spiro atoms. The normalized spacial score (nSPS) is 11.6. The van der Waals surface area contributed by atoms with Gasteiger partial charge in [0.25, 0.3) is 0 Å². The van der Waals surface area contributed by atoms with Crippen molar-refractivity contribution in [2.45, 2.75) is 46.2 Å². The molecule has 0 aliphatic heterocycles. The highest BCUT2D eigenvalue weighted by atomic mass is 16.2. The summed E-state index contributed by atoms with van der Waals surface area (Å²) in [6.07, 6.45) is 0.731. The average Bonchev–Trinajstić information content (AvgIpc) is 2.78. The Morgan fingerprint density at radius 2 is 1.50 bits per heavy atom. The summed E-state index contributed by atoms with van der Waals surface area (Å²) in [5.74, 6) is -0.177. The van der Waals surface area contributed by atoms with E-state index in [9.17, 15) is 9.59 Å². The molecule has 0 radical (unpaired) electrons. The van der Waals surface area contributed by atoms with Gasteiger partial charge in [-0.05, 0) is 37.5 Å². The highest BCUT2D eigenvalue weighted by molar-refractivity contribution is 5.88. The predicted molar refractivity (Wildman–Crippen MR) is 129 cm³/mol. The van der Waals surface area contributed by atoms with Gasteiger partial charge in [0.2, 0.25) is 11.8 Å². The van der Waals surface area contributed by atoms with Crippen LogP contribution in [0.4, 0.5) is 0 Å². The maximum absolute atomic E-state index is 13.6. The SMILES string of the molecule is CCNC(=O)[C@@H](Cc1ccccc1)N(Cc1cccc(C)c1)C(=O)Cc1ccc(C)cc1. The lowest BCUT2D eigenvalue weighted by Gasteiger charge is -2.31. The van der Waals surface area contributed by atoms with Crippen LogP contribution < -0.4 is 5.32 Å². The van der Waals surface area contributed by atoms with E-state index in [-0.39, 0.29) is 18.2 Å². The van der Waals surface area contributed by atoms with Gasteiger partial charge in [-0.25, -0.2) is 0 Å². The molecule has 3 aromatic carbocycles. The van der Waals surface area contributed by atoms with Crippen LogP contribution in [0, 0.1) is 13.8 Å². The standard InChI is InChI=1S/C28H32N2O2/c1-4-29-28(32)26(18-23-10-6-5-7-11-23)30(20-25-12-8-9-22(3)17-25)27(31)19-24-15-13-21(2)14-16-24/h5-17,26H,4,18-20H2,1-3H3,(H,29,32)/t26-/m1/s1. The molecule has 0 saturated heterocycles. The zero-order chi connectivity index (χ0) is 22.9. The Kier molecular flexibility index (Phi) is 8.20. The van der Waals surface area contributed by atoms with Crippen LogP contribution in [0.15, 0.2) is 78.9 Å². The van der Waals surface area contributed by atoms with Gasteiger partial charge in [-0.3, -0.25) is 9.59 Å². The van der Waals surface area contributed by atoms with Crippen molar-refractivity contribution in [2.75, 3.05) is 6.54 Å². The van der Waals surface area contributed by atoms with Crippen molar-refractivity contribution in [3.63, 3.8) is 0 Å². The van der Waals surface area contributed by atoms with Crippen molar-refractivity contribution in [1.29, 1.82) is 0 Å². The number of amides is 2. The number of benzene rings is 3. The number of nitrogens with one attached hydrogen (secondary N) is 1. The molecule has 166 valence electrons. The lowest BCUT2D eigenvalue weighted by Crippen LogP contribution is -2.50. The minimum Gasteiger partial charge on any atom is -0.355 e. The molecule has 32 heavy (non-hydrogen) atoms. The molecule has 4 nitrogen and oxygen atoms in total. The van der Waals surface area contributed by atoms with Gasteiger partial charge >= 0.3 is 0 Å².